The minimum Gasteiger partial charge on any atom is -0.462 e. The van der Waals surface area contributed by atoms with Gasteiger partial charge in [0.1, 0.15) is 5.82 Å². The van der Waals surface area contributed by atoms with Crippen molar-refractivity contribution in [3.63, 3.8) is 0 Å². The second-order valence-electron chi connectivity index (χ2n) is 4.41. The van der Waals surface area contributed by atoms with Crippen LogP contribution in [0.4, 0.5) is 5.82 Å². The van der Waals surface area contributed by atoms with E-state index in [4.69, 9.17) is 4.74 Å². The summed E-state index contributed by atoms with van der Waals surface area (Å²) >= 11 is 0. The largest absolute Gasteiger partial charge is 0.462 e. The van der Waals surface area contributed by atoms with Gasteiger partial charge in [-0.05, 0) is 39.3 Å². The fraction of sp³-hybridized carbons (Fsp3) is 0.571. The van der Waals surface area contributed by atoms with Crippen molar-refractivity contribution in [2.75, 3.05) is 18.1 Å². The normalized spacial score (nSPS) is 10.5. The molecular formula is C14H22N2O2. The molecule has 1 aromatic rings. The van der Waals surface area contributed by atoms with Crippen LogP contribution in [0.25, 0.3) is 0 Å². The van der Waals surface area contributed by atoms with Crippen LogP contribution >= 0.6 is 0 Å². The Hall–Kier alpha value is -1.58. The quantitative estimate of drug-likeness (QED) is 0.728. The lowest BCUT2D eigenvalue weighted by molar-refractivity contribution is 0.0526. The Morgan fingerprint density at radius 1 is 1.39 bits per heavy atom. The molecule has 0 atom stereocenters. The molecule has 0 amide bonds. The van der Waals surface area contributed by atoms with E-state index < -0.39 is 0 Å². The van der Waals surface area contributed by atoms with Crippen LogP contribution in [0.15, 0.2) is 18.3 Å². The Bertz CT molecular complexity index is 374. The van der Waals surface area contributed by atoms with Gasteiger partial charge >= 0.3 is 5.97 Å². The number of aromatic nitrogens is 1. The number of carbonyl (C=O) groups is 1. The number of rotatable bonds is 6. The molecule has 1 rings (SSSR count). The Morgan fingerprint density at radius 3 is 2.56 bits per heavy atom. The Balaban J connectivity index is 2.83. The molecule has 4 heteroatoms. The minimum absolute atomic E-state index is 0.317. The first-order chi connectivity index (χ1) is 8.60. The maximum absolute atomic E-state index is 11.5. The molecule has 18 heavy (non-hydrogen) atoms. The van der Waals surface area contributed by atoms with Crippen LogP contribution in [0.5, 0.6) is 0 Å². The smallest absolute Gasteiger partial charge is 0.339 e. The Kier molecular flexibility index (Phi) is 5.62. The molecule has 0 saturated heterocycles. The zero-order chi connectivity index (χ0) is 13.5. The zero-order valence-electron chi connectivity index (χ0n) is 11.6. The summed E-state index contributed by atoms with van der Waals surface area (Å²) in [5, 5.41) is 0. The highest BCUT2D eigenvalue weighted by Crippen LogP contribution is 2.15. The van der Waals surface area contributed by atoms with E-state index in [0.717, 1.165) is 18.8 Å². The van der Waals surface area contributed by atoms with Gasteiger partial charge in [-0.2, -0.15) is 0 Å². The fourth-order valence-corrected chi connectivity index (χ4v) is 1.77. The molecule has 0 saturated carbocycles. The van der Waals surface area contributed by atoms with Gasteiger partial charge in [-0.15, -0.1) is 0 Å². The molecule has 0 aliphatic carbocycles. The summed E-state index contributed by atoms with van der Waals surface area (Å²) in [6.07, 6.45) is 2.65. The molecule has 0 radical (unpaired) electrons. The van der Waals surface area contributed by atoms with Gasteiger partial charge in [-0.25, -0.2) is 9.78 Å². The summed E-state index contributed by atoms with van der Waals surface area (Å²) in [5.74, 6) is 0.586. The van der Waals surface area contributed by atoms with Gasteiger partial charge in [0.25, 0.3) is 0 Å². The number of anilines is 1. The molecule has 0 aliphatic rings. The molecular weight excluding hydrogens is 228 g/mol. The zero-order valence-corrected chi connectivity index (χ0v) is 11.6. The van der Waals surface area contributed by atoms with Gasteiger partial charge in [0, 0.05) is 18.8 Å². The second-order valence-corrected chi connectivity index (χ2v) is 4.41. The highest BCUT2D eigenvalue weighted by molar-refractivity contribution is 5.89. The van der Waals surface area contributed by atoms with Gasteiger partial charge in [0.15, 0.2) is 0 Å². The van der Waals surface area contributed by atoms with E-state index in [0.29, 0.717) is 18.2 Å². The lowest BCUT2D eigenvalue weighted by atomic mass is 10.2. The van der Waals surface area contributed by atoms with Crippen LogP contribution in [-0.4, -0.2) is 30.1 Å². The summed E-state index contributed by atoms with van der Waals surface area (Å²) in [4.78, 5) is 18.1. The van der Waals surface area contributed by atoms with Crippen molar-refractivity contribution in [3.8, 4) is 0 Å². The summed E-state index contributed by atoms with van der Waals surface area (Å²) in [7, 11) is 0. The van der Waals surface area contributed by atoms with Crippen LogP contribution in [0.1, 0.15) is 44.5 Å². The van der Waals surface area contributed by atoms with E-state index in [1.807, 2.05) is 6.07 Å². The maximum atomic E-state index is 11.5. The average Bonchev–Trinajstić information content (AvgIpc) is 2.36. The van der Waals surface area contributed by atoms with Crippen molar-refractivity contribution >= 4 is 11.8 Å². The van der Waals surface area contributed by atoms with Gasteiger partial charge in [0.05, 0.1) is 12.2 Å². The van der Waals surface area contributed by atoms with E-state index in [2.05, 4.69) is 30.7 Å². The van der Waals surface area contributed by atoms with E-state index >= 15 is 0 Å². The topological polar surface area (TPSA) is 42.4 Å². The van der Waals surface area contributed by atoms with Crippen molar-refractivity contribution in [1.29, 1.82) is 0 Å². The fourth-order valence-electron chi connectivity index (χ4n) is 1.77. The van der Waals surface area contributed by atoms with Gasteiger partial charge in [0.2, 0.25) is 0 Å². The van der Waals surface area contributed by atoms with E-state index in [1.165, 1.54) is 0 Å². The first-order valence-electron chi connectivity index (χ1n) is 6.50. The molecule has 0 fully saturated rings. The van der Waals surface area contributed by atoms with Crippen molar-refractivity contribution in [2.45, 2.75) is 40.2 Å². The van der Waals surface area contributed by atoms with Crippen molar-refractivity contribution in [1.82, 2.24) is 4.98 Å². The molecule has 100 valence electrons. The van der Waals surface area contributed by atoms with Crippen LogP contribution in [0.2, 0.25) is 0 Å². The maximum Gasteiger partial charge on any atom is 0.339 e. The lowest BCUT2D eigenvalue weighted by Crippen LogP contribution is -2.32. The number of nitrogens with zero attached hydrogens (tertiary/aromatic N) is 2. The van der Waals surface area contributed by atoms with Crippen LogP contribution in [-0.2, 0) is 4.74 Å². The van der Waals surface area contributed by atoms with Gasteiger partial charge in [-0.1, -0.05) is 6.92 Å². The molecule has 0 unspecified atom stereocenters. The molecule has 0 N–H and O–H groups in total. The molecule has 1 aromatic heterocycles. The number of esters is 1. The Labute approximate surface area is 109 Å². The average molecular weight is 250 g/mol. The summed E-state index contributed by atoms with van der Waals surface area (Å²) in [5.41, 5.74) is 0.501. The summed E-state index contributed by atoms with van der Waals surface area (Å²) < 4.78 is 4.93. The number of carbonyl (C=O) groups excluding carboxylic acids is 1. The van der Waals surface area contributed by atoms with Gasteiger partial charge in [-0.3, -0.25) is 0 Å². The predicted octanol–water partition coefficient (Wildman–Crippen LogP) is 2.88. The lowest BCUT2D eigenvalue weighted by Gasteiger charge is -2.27. The standard InChI is InChI=1S/C14H22N2O2/c1-5-9-16(11(3)4)13-8-7-12(10-15-13)14(17)18-6-2/h7-8,10-11H,5-6,9H2,1-4H3. The second kappa shape index (κ2) is 6.99. The molecule has 0 spiro atoms. The predicted molar refractivity (Wildman–Crippen MR) is 73.0 cm³/mol. The van der Waals surface area contributed by atoms with Crippen molar-refractivity contribution in [2.24, 2.45) is 0 Å². The number of ether oxygens (including phenoxy) is 1. The van der Waals surface area contributed by atoms with E-state index in [9.17, 15) is 4.79 Å². The van der Waals surface area contributed by atoms with E-state index in [-0.39, 0.29) is 5.97 Å². The summed E-state index contributed by atoms with van der Waals surface area (Å²) in [6.45, 7) is 9.55. The number of hydrogen-bond donors (Lipinski definition) is 0. The minimum atomic E-state index is -0.317. The van der Waals surface area contributed by atoms with Crippen molar-refractivity contribution in [3.05, 3.63) is 23.9 Å². The highest BCUT2D eigenvalue weighted by atomic mass is 16.5. The highest BCUT2D eigenvalue weighted by Gasteiger charge is 2.12. The number of hydrogen-bond acceptors (Lipinski definition) is 4. The summed E-state index contributed by atoms with van der Waals surface area (Å²) in [6, 6.07) is 4.04. The molecule has 0 aliphatic heterocycles. The monoisotopic (exact) mass is 250 g/mol. The number of pyridine rings is 1. The first kappa shape index (κ1) is 14.5. The third-order valence-corrected chi connectivity index (χ3v) is 2.64. The van der Waals surface area contributed by atoms with Crippen molar-refractivity contribution < 1.29 is 9.53 Å². The SMILES string of the molecule is CCCN(c1ccc(C(=O)OCC)cn1)C(C)C. The van der Waals surface area contributed by atoms with Gasteiger partial charge < -0.3 is 9.64 Å². The molecule has 4 nitrogen and oxygen atoms in total. The van der Waals surface area contributed by atoms with Crippen LogP contribution < -0.4 is 4.90 Å². The molecule has 0 bridgehead atoms. The third-order valence-electron chi connectivity index (χ3n) is 2.64. The van der Waals surface area contributed by atoms with E-state index in [1.54, 1.807) is 19.2 Å². The first-order valence-corrected chi connectivity index (χ1v) is 6.50. The Morgan fingerprint density at radius 2 is 2.11 bits per heavy atom. The third kappa shape index (κ3) is 3.72. The molecule has 0 aromatic carbocycles. The van der Waals surface area contributed by atoms with Crippen LogP contribution in [0, 0.1) is 0 Å². The molecule has 1 heterocycles. The van der Waals surface area contributed by atoms with Crippen LogP contribution in [0.3, 0.4) is 0 Å².